The van der Waals surface area contributed by atoms with Crippen LogP contribution in [0.5, 0.6) is 11.5 Å². The Morgan fingerprint density at radius 3 is 2.42 bits per heavy atom. The number of fused-ring (bicyclic) bond motifs is 1. The molecule has 0 amide bonds. The summed E-state index contributed by atoms with van der Waals surface area (Å²) >= 11 is 0. The van der Waals surface area contributed by atoms with Gasteiger partial charge in [0.1, 0.15) is 5.67 Å². The molecule has 4 nitrogen and oxygen atoms in total. The lowest BCUT2D eigenvalue weighted by molar-refractivity contribution is 0.170. The molecule has 1 aromatic rings. The summed E-state index contributed by atoms with van der Waals surface area (Å²) in [6.45, 7) is 4.00. The third-order valence-electron chi connectivity index (χ3n) is 3.14. The maximum absolute atomic E-state index is 14.3. The van der Waals surface area contributed by atoms with Crippen LogP contribution >= 0.6 is 0 Å². The van der Waals surface area contributed by atoms with Crippen LogP contribution in [0.3, 0.4) is 0 Å². The molecule has 0 bridgehead atoms. The number of aliphatic hydroxyl groups excluding tert-OH is 1. The smallest absolute Gasteiger partial charge is 0.161 e. The standard InChI is InChI=1S/C14H20FNO3/c1-14(2,15)10-7-13-12(18-4-3-5-19-13)6-9(10)11(17)8-16/h6-7,11,17H,3-5,8,16H2,1-2H3. The van der Waals surface area contributed by atoms with Gasteiger partial charge in [-0.2, -0.15) is 0 Å². The normalized spacial score (nSPS) is 16.9. The third-order valence-corrected chi connectivity index (χ3v) is 3.14. The van der Waals surface area contributed by atoms with Gasteiger partial charge in [0.2, 0.25) is 0 Å². The number of benzene rings is 1. The first-order valence-electron chi connectivity index (χ1n) is 6.44. The van der Waals surface area contributed by atoms with E-state index in [0.29, 0.717) is 35.8 Å². The van der Waals surface area contributed by atoms with Crippen molar-refractivity contribution in [3.05, 3.63) is 23.3 Å². The molecular formula is C14H20FNO3. The Morgan fingerprint density at radius 1 is 1.32 bits per heavy atom. The first-order chi connectivity index (χ1) is 8.93. The van der Waals surface area contributed by atoms with E-state index in [1.807, 2.05) is 0 Å². The fourth-order valence-electron chi connectivity index (χ4n) is 2.14. The fraction of sp³-hybridized carbons (Fsp3) is 0.571. The molecule has 0 aromatic heterocycles. The number of aliphatic hydroxyl groups is 1. The Hall–Kier alpha value is -1.33. The summed E-state index contributed by atoms with van der Waals surface area (Å²) in [6.07, 6.45) is -0.139. The summed E-state index contributed by atoms with van der Waals surface area (Å²) in [4.78, 5) is 0. The molecule has 0 saturated carbocycles. The van der Waals surface area contributed by atoms with E-state index in [4.69, 9.17) is 15.2 Å². The lowest BCUT2D eigenvalue weighted by Gasteiger charge is -2.23. The molecule has 19 heavy (non-hydrogen) atoms. The highest BCUT2D eigenvalue weighted by atomic mass is 19.1. The fourth-order valence-corrected chi connectivity index (χ4v) is 2.14. The maximum atomic E-state index is 14.3. The van der Waals surface area contributed by atoms with E-state index < -0.39 is 11.8 Å². The highest BCUT2D eigenvalue weighted by Gasteiger charge is 2.28. The van der Waals surface area contributed by atoms with Gasteiger partial charge in [0, 0.05) is 13.0 Å². The van der Waals surface area contributed by atoms with E-state index in [1.54, 1.807) is 12.1 Å². The van der Waals surface area contributed by atoms with Crippen molar-refractivity contribution in [2.75, 3.05) is 19.8 Å². The molecule has 0 aliphatic carbocycles. The van der Waals surface area contributed by atoms with E-state index in [9.17, 15) is 9.50 Å². The first kappa shape index (κ1) is 14.1. The molecule has 0 fully saturated rings. The highest BCUT2D eigenvalue weighted by Crippen LogP contribution is 2.40. The minimum atomic E-state index is -1.59. The minimum absolute atomic E-state index is 0.0305. The SMILES string of the molecule is CC(C)(F)c1cc2c(cc1C(O)CN)OCCCO2. The van der Waals surface area contributed by atoms with Crippen LogP contribution in [0.2, 0.25) is 0 Å². The number of halogens is 1. The summed E-state index contributed by atoms with van der Waals surface area (Å²) in [5.74, 6) is 1.05. The van der Waals surface area contributed by atoms with Crippen molar-refractivity contribution in [1.29, 1.82) is 0 Å². The molecule has 1 aliphatic heterocycles. The summed E-state index contributed by atoms with van der Waals surface area (Å²) < 4.78 is 25.4. The number of nitrogens with two attached hydrogens (primary N) is 1. The van der Waals surface area contributed by atoms with E-state index in [-0.39, 0.29) is 6.54 Å². The quantitative estimate of drug-likeness (QED) is 0.881. The molecule has 1 aromatic carbocycles. The maximum Gasteiger partial charge on any atom is 0.161 e. The van der Waals surface area contributed by atoms with Crippen LogP contribution in [-0.2, 0) is 5.67 Å². The van der Waals surface area contributed by atoms with Crippen LogP contribution in [0.25, 0.3) is 0 Å². The zero-order valence-electron chi connectivity index (χ0n) is 11.3. The van der Waals surface area contributed by atoms with Gasteiger partial charge in [-0.05, 0) is 37.1 Å². The summed E-state index contributed by atoms with van der Waals surface area (Å²) in [7, 11) is 0. The number of hydrogen-bond donors (Lipinski definition) is 2. The van der Waals surface area contributed by atoms with Crippen molar-refractivity contribution in [3.8, 4) is 11.5 Å². The molecule has 0 spiro atoms. The second-order valence-electron chi connectivity index (χ2n) is 5.16. The van der Waals surface area contributed by atoms with Gasteiger partial charge in [-0.15, -0.1) is 0 Å². The molecule has 1 atom stereocenters. The second-order valence-corrected chi connectivity index (χ2v) is 5.16. The van der Waals surface area contributed by atoms with Crippen LogP contribution in [-0.4, -0.2) is 24.9 Å². The first-order valence-corrected chi connectivity index (χ1v) is 6.44. The Balaban J connectivity index is 2.54. The molecule has 2 rings (SSSR count). The van der Waals surface area contributed by atoms with E-state index in [1.165, 1.54) is 13.8 Å². The number of rotatable bonds is 3. The topological polar surface area (TPSA) is 64.7 Å². The molecule has 1 aliphatic rings. The van der Waals surface area contributed by atoms with Gasteiger partial charge in [0.25, 0.3) is 0 Å². The molecule has 106 valence electrons. The van der Waals surface area contributed by atoms with Crippen LogP contribution in [0.4, 0.5) is 4.39 Å². The average molecular weight is 269 g/mol. The van der Waals surface area contributed by atoms with Gasteiger partial charge in [-0.3, -0.25) is 0 Å². The Kier molecular flexibility index (Phi) is 3.96. The van der Waals surface area contributed by atoms with Crippen LogP contribution in [0, 0.1) is 0 Å². The van der Waals surface area contributed by atoms with Gasteiger partial charge >= 0.3 is 0 Å². The number of ether oxygens (including phenoxy) is 2. The lowest BCUT2D eigenvalue weighted by Crippen LogP contribution is -2.19. The lowest BCUT2D eigenvalue weighted by atomic mass is 9.91. The Labute approximate surface area is 112 Å². The molecule has 5 heteroatoms. The Morgan fingerprint density at radius 2 is 1.89 bits per heavy atom. The van der Waals surface area contributed by atoms with Crippen molar-refractivity contribution >= 4 is 0 Å². The van der Waals surface area contributed by atoms with E-state index >= 15 is 0 Å². The van der Waals surface area contributed by atoms with Gasteiger partial charge in [-0.1, -0.05) is 0 Å². The van der Waals surface area contributed by atoms with Crippen molar-refractivity contribution in [2.45, 2.75) is 32.0 Å². The summed E-state index contributed by atoms with van der Waals surface area (Å²) in [6, 6.07) is 3.24. The molecule has 1 unspecified atom stereocenters. The van der Waals surface area contributed by atoms with E-state index in [0.717, 1.165) is 6.42 Å². The van der Waals surface area contributed by atoms with E-state index in [2.05, 4.69) is 0 Å². The second kappa shape index (κ2) is 5.35. The summed E-state index contributed by atoms with van der Waals surface area (Å²) in [5, 5.41) is 9.96. The third kappa shape index (κ3) is 2.98. The van der Waals surface area contributed by atoms with Crippen molar-refractivity contribution in [3.63, 3.8) is 0 Å². The summed E-state index contributed by atoms with van der Waals surface area (Å²) in [5.41, 5.74) is 4.73. The minimum Gasteiger partial charge on any atom is -0.490 e. The molecule has 0 radical (unpaired) electrons. The van der Waals surface area contributed by atoms with Crippen LogP contribution in [0.1, 0.15) is 37.5 Å². The zero-order valence-corrected chi connectivity index (χ0v) is 11.3. The van der Waals surface area contributed by atoms with Crippen molar-refractivity contribution in [2.24, 2.45) is 5.73 Å². The van der Waals surface area contributed by atoms with Gasteiger partial charge < -0.3 is 20.3 Å². The van der Waals surface area contributed by atoms with Crippen molar-refractivity contribution < 1.29 is 19.0 Å². The molecule has 0 saturated heterocycles. The van der Waals surface area contributed by atoms with Crippen LogP contribution < -0.4 is 15.2 Å². The monoisotopic (exact) mass is 269 g/mol. The number of hydrogen-bond acceptors (Lipinski definition) is 4. The predicted octanol–water partition coefficient (Wildman–Crippen LogP) is 2.04. The molecule has 1 heterocycles. The van der Waals surface area contributed by atoms with Crippen molar-refractivity contribution in [1.82, 2.24) is 0 Å². The Bertz CT molecular complexity index is 457. The van der Waals surface area contributed by atoms with Gasteiger partial charge in [-0.25, -0.2) is 4.39 Å². The molecular weight excluding hydrogens is 249 g/mol. The van der Waals surface area contributed by atoms with Gasteiger partial charge in [0.15, 0.2) is 11.5 Å². The molecule has 3 N–H and O–H groups in total. The van der Waals surface area contributed by atoms with Gasteiger partial charge in [0.05, 0.1) is 19.3 Å². The highest BCUT2D eigenvalue weighted by molar-refractivity contribution is 5.50. The zero-order chi connectivity index (χ0) is 14.0. The largest absolute Gasteiger partial charge is 0.490 e. The predicted molar refractivity (Wildman–Crippen MR) is 70.2 cm³/mol. The average Bonchev–Trinajstić information content (AvgIpc) is 2.59. The van der Waals surface area contributed by atoms with Crippen LogP contribution in [0.15, 0.2) is 12.1 Å². The number of alkyl halides is 1.